The molecular weight excluding hydrogens is 214 g/mol. The van der Waals surface area contributed by atoms with E-state index in [1.54, 1.807) is 7.11 Å². The number of ether oxygens (including phenoxy) is 1. The number of likely N-dealkylation sites (N-methyl/N-ethyl adjacent to an activating group) is 1. The number of hydrogen-bond donors (Lipinski definition) is 1. The molecule has 4 nitrogen and oxygen atoms in total. The Morgan fingerprint density at radius 1 is 1.41 bits per heavy atom. The molecule has 0 radical (unpaired) electrons. The van der Waals surface area contributed by atoms with E-state index in [4.69, 9.17) is 10.5 Å². The summed E-state index contributed by atoms with van der Waals surface area (Å²) in [4.78, 5) is 5.07. The van der Waals surface area contributed by atoms with Crippen LogP contribution in [0.25, 0.3) is 0 Å². The highest BCUT2D eigenvalue weighted by molar-refractivity contribution is 4.78. The molecule has 2 N–H and O–H groups in total. The molecule has 17 heavy (non-hydrogen) atoms. The van der Waals surface area contributed by atoms with Crippen molar-refractivity contribution in [1.82, 2.24) is 9.80 Å². The zero-order chi connectivity index (χ0) is 12.7. The Bertz CT molecular complexity index is 197. The van der Waals surface area contributed by atoms with E-state index in [1.165, 1.54) is 32.5 Å². The summed E-state index contributed by atoms with van der Waals surface area (Å²) in [6.07, 6.45) is 3.76. The van der Waals surface area contributed by atoms with Crippen LogP contribution in [-0.2, 0) is 4.74 Å². The van der Waals surface area contributed by atoms with Gasteiger partial charge in [-0.3, -0.25) is 4.90 Å². The summed E-state index contributed by atoms with van der Waals surface area (Å²) in [5.41, 5.74) is 5.67. The molecule has 102 valence electrons. The Morgan fingerprint density at radius 2 is 2.18 bits per heavy atom. The number of nitrogens with zero attached hydrogens (tertiary/aromatic N) is 2. The average Bonchev–Trinajstić information content (AvgIpc) is 2.52. The van der Waals surface area contributed by atoms with E-state index < -0.39 is 0 Å². The molecule has 1 aliphatic heterocycles. The highest BCUT2D eigenvalue weighted by atomic mass is 16.5. The summed E-state index contributed by atoms with van der Waals surface area (Å²) < 4.78 is 5.35. The van der Waals surface area contributed by atoms with Gasteiger partial charge >= 0.3 is 0 Å². The first-order valence-corrected chi connectivity index (χ1v) is 6.86. The molecule has 2 atom stereocenters. The van der Waals surface area contributed by atoms with Gasteiger partial charge in [-0.1, -0.05) is 6.92 Å². The van der Waals surface area contributed by atoms with Gasteiger partial charge in [0.05, 0.1) is 6.10 Å². The van der Waals surface area contributed by atoms with E-state index in [0.717, 1.165) is 13.0 Å². The largest absolute Gasteiger partial charge is 0.380 e. The van der Waals surface area contributed by atoms with Gasteiger partial charge in [0.15, 0.2) is 0 Å². The molecule has 0 bridgehead atoms. The number of rotatable bonds is 6. The van der Waals surface area contributed by atoms with E-state index in [9.17, 15) is 0 Å². The standard InChI is InChI=1S/C13H29N3O/c1-4-12-11-15(2)7-5-8-16(12)9-6-13(10-14)17-3/h12-13H,4-11,14H2,1-3H3. The predicted molar refractivity (Wildman–Crippen MR) is 72.2 cm³/mol. The Kier molecular flexibility index (Phi) is 7.04. The second kappa shape index (κ2) is 8.03. The van der Waals surface area contributed by atoms with Crippen LogP contribution < -0.4 is 5.73 Å². The van der Waals surface area contributed by atoms with Crippen molar-refractivity contribution < 1.29 is 4.74 Å². The van der Waals surface area contributed by atoms with Crippen molar-refractivity contribution in [3.63, 3.8) is 0 Å². The lowest BCUT2D eigenvalue weighted by atomic mass is 10.1. The number of nitrogens with two attached hydrogens (primary N) is 1. The quantitative estimate of drug-likeness (QED) is 0.748. The maximum absolute atomic E-state index is 5.67. The summed E-state index contributed by atoms with van der Waals surface area (Å²) in [7, 11) is 3.98. The fraction of sp³-hybridized carbons (Fsp3) is 1.00. The highest BCUT2D eigenvalue weighted by Gasteiger charge is 2.22. The Morgan fingerprint density at radius 3 is 2.76 bits per heavy atom. The first-order chi connectivity index (χ1) is 8.21. The molecule has 0 amide bonds. The van der Waals surface area contributed by atoms with E-state index in [1.807, 2.05) is 0 Å². The van der Waals surface area contributed by atoms with Crippen molar-refractivity contribution in [3.8, 4) is 0 Å². The van der Waals surface area contributed by atoms with Gasteiger partial charge in [0.2, 0.25) is 0 Å². The zero-order valence-corrected chi connectivity index (χ0v) is 11.7. The van der Waals surface area contributed by atoms with Gasteiger partial charge in [-0.2, -0.15) is 0 Å². The smallest absolute Gasteiger partial charge is 0.0705 e. The van der Waals surface area contributed by atoms with Crippen LogP contribution in [-0.4, -0.2) is 68.8 Å². The van der Waals surface area contributed by atoms with E-state index in [2.05, 4.69) is 23.8 Å². The lowest BCUT2D eigenvalue weighted by molar-refractivity contribution is 0.0808. The third-order valence-corrected chi connectivity index (χ3v) is 3.83. The maximum Gasteiger partial charge on any atom is 0.0705 e. The van der Waals surface area contributed by atoms with Crippen LogP contribution in [0.2, 0.25) is 0 Å². The van der Waals surface area contributed by atoms with Gasteiger partial charge in [-0.25, -0.2) is 0 Å². The molecule has 1 fully saturated rings. The molecule has 0 aromatic heterocycles. The Hall–Kier alpha value is -0.160. The van der Waals surface area contributed by atoms with Crippen molar-refractivity contribution in [3.05, 3.63) is 0 Å². The molecule has 1 saturated heterocycles. The van der Waals surface area contributed by atoms with Crippen LogP contribution in [0.1, 0.15) is 26.2 Å². The van der Waals surface area contributed by atoms with Gasteiger partial charge in [-0.15, -0.1) is 0 Å². The summed E-state index contributed by atoms with van der Waals surface area (Å²) in [6, 6.07) is 0.692. The highest BCUT2D eigenvalue weighted by Crippen LogP contribution is 2.13. The van der Waals surface area contributed by atoms with E-state index in [-0.39, 0.29) is 6.10 Å². The van der Waals surface area contributed by atoms with E-state index >= 15 is 0 Å². The molecular formula is C13H29N3O. The molecule has 0 saturated carbocycles. The van der Waals surface area contributed by atoms with Crippen LogP contribution in [0.5, 0.6) is 0 Å². The van der Waals surface area contributed by atoms with Gasteiger partial charge in [0, 0.05) is 32.8 Å². The summed E-state index contributed by atoms with van der Waals surface area (Å²) in [6.45, 7) is 7.65. The molecule has 4 heteroatoms. The summed E-state index contributed by atoms with van der Waals surface area (Å²) in [5, 5.41) is 0. The first-order valence-electron chi connectivity index (χ1n) is 6.86. The molecule has 0 aromatic carbocycles. The van der Waals surface area contributed by atoms with Crippen molar-refractivity contribution in [2.24, 2.45) is 5.73 Å². The Labute approximate surface area is 106 Å². The molecule has 1 rings (SSSR count). The lowest BCUT2D eigenvalue weighted by Gasteiger charge is -2.31. The fourth-order valence-electron chi connectivity index (χ4n) is 2.62. The lowest BCUT2D eigenvalue weighted by Crippen LogP contribution is -2.41. The van der Waals surface area contributed by atoms with Crippen molar-refractivity contribution in [2.45, 2.75) is 38.3 Å². The SMILES string of the molecule is CCC1CN(C)CCCN1CCC(CN)OC. The molecule has 0 aliphatic carbocycles. The van der Waals surface area contributed by atoms with E-state index in [0.29, 0.717) is 12.6 Å². The Balaban J connectivity index is 2.43. The van der Waals surface area contributed by atoms with Crippen molar-refractivity contribution in [1.29, 1.82) is 0 Å². The van der Waals surface area contributed by atoms with Crippen LogP contribution in [0.4, 0.5) is 0 Å². The normalized spacial score (nSPS) is 25.8. The van der Waals surface area contributed by atoms with Crippen LogP contribution in [0, 0.1) is 0 Å². The average molecular weight is 243 g/mol. The minimum atomic E-state index is 0.216. The third-order valence-electron chi connectivity index (χ3n) is 3.83. The second-order valence-corrected chi connectivity index (χ2v) is 5.10. The van der Waals surface area contributed by atoms with Crippen molar-refractivity contribution >= 4 is 0 Å². The molecule has 0 aromatic rings. The maximum atomic E-state index is 5.67. The predicted octanol–water partition coefficient (Wildman–Crippen LogP) is 0.766. The summed E-state index contributed by atoms with van der Waals surface area (Å²) >= 11 is 0. The summed E-state index contributed by atoms with van der Waals surface area (Å²) in [5.74, 6) is 0. The molecule has 1 heterocycles. The first kappa shape index (κ1) is 14.9. The molecule has 1 aliphatic rings. The minimum absolute atomic E-state index is 0.216. The van der Waals surface area contributed by atoms with Gasteiger partial charge in [0.1, 0.15) is 0 Å². The zero-order valence-electron chi connectivity index (χ0n) is 11.7. The monoisotopic (exact) mass is 243 g/mol. The molecule has 0 spiro atoms. The van der Waals surface area contributed by atoms with Crippen LogP contribution in [0.15, 0.2) is 0 Å². The number of hydrogen-bond acceptors (Lipinski definition) is 4. The van der Waals surface area contributed by atoms with Gasteiger partial charge < -0.3 is 15.4 Å². The topological polar surface area (TPSA) is 41.7 Å². The number of methoxy groups -OCH3 is 1. The van der Waals surface area contributed by atoms with Crippen LogP contribution >= 0.6 is 0 Å². The molecule has 2 unspecified atom stereocenters. The second-order valence-electron chi connectivity index (χ2n) is 5.10. The third kappa shape index (κ3) is 4.92. The van der Waals surface area contributed by atoms with Gasteiger partial charge in [0.25, 0.3) is 0 Å². The van der Waals surface area contributed by atoms with Gasteiger partial charge in [-0.05, 0) is 39.4 Å². The minimum Gasteiger partial charge on any atom is -0.380 e. The van der Waals surface area contributed by atoms with Crippen LogP contribution in [0.3, 0.4) is 0 Å². The fourth-order valence-corrected chi connectivity index (χ4v) is 2.62. The van der Waals surface area contributed by atoms with Crippen molar-refractivity contribution in [2.75, 3.05) is 46.9 Å².